The molecule has 0 amide bonds. The molecule has 2 N–H and O–H groups in total. The highest BCUT2D eigenvalue weighted by Gasteiger charge is 2.06. The number of aliphatic hydroxyl groups excluding tert-OH is 1. The lowest BCUT2D eigenvalue weighted by Gasteiger charge is -2.14. The molecule has 1 aromatic carbocycles. The predicted molar refractivity (Wildman–Crippen MR) is 75.4 cm³/mol. The molecule has 0 aliphatic carbocycles. The molecule has 0 fully saturated rings. The molecule has 100 valence electrons. The SMILES string of the molecule is Cc1cccnc1NC[C@H](O)COc1ccccc1. The van der Waals surface area contributed by atoms with E-state index in [2.05, 4.69) is 10.3 Å². The summed E-state index contributed by atoms with van der Waals surface area (Å²) in [6, 6.07) is 13.3. The van der Waals surface area contributed by atoms with Crippen LogP contribution in [-0.4, -0.2) is 29.3 Å². The first-order chi connectivity index (χ1) is 9.25. The van der Waals surface area contributed by atoms with E-state index in [1.54, 1.807) is 6.20 Å². The van der Waals surface area contributed by atoms with Gasteiger partial charge in [-0.05, 0) is 30.7 Å². The van der Waals surface area contributed by atoms with Crippen LogP contribution in [0.5, 0.6) is 5.75 Å². The summed E-state index contributed by atoms with van der Waals surface area (Å²) < 4.78 is 5.48. The summed E-state index contributed by atoms with van der Waals surface area (Å²) in [5, 5.41) is 13.0. The molecule has 2 aromatic rings. The summed E-state index contributed by atoms with van der Waals surface area (Å²) in [5.74, 6) is 1.55. The van der Waals surface area contributed by atoms with Crippen LogP contribution in [0.25, 0.3) is 0 Å². The molecule has 1 heterocycles. The molecule has 19 heavy (non-hydrogen) atoms. The average molecular weight is 258 g/mol. The van der Waals surface area contributed by atoms with Crippen LogP contribution in [-0.2, 0) is 0 Å². The third kappa shape index (κ3) is 4.26. The van der Waals surface area contributed by atoms with E-state index in [0.717, 1.165) is 17.1 Å². The predicted octanol–water partition coefficient (Wildman–Crippen LogP) is 2.24. The molecule has 1 aromatic heterocycles. The van der Waals surface area contributed by atoms with Gasteiger partial charge in [-0.3, -0.25) is 0 Å². The molecule has 0 unspecified atom stereocenters. The van der Waals surface area contributed by atoms with Gasteiger partial charge in [-0.15, -0.1) is 0 Å². The Labute approximate surface area is 113 Å². The van der Waals surface area contributed by atoms with Crippen molar-refractivity contribution in [3.63, 3.8) is 0 Å². The smallest absolute Gasteiger partial charge is 0.128 e. The zero-order chi connectivity index (χ0) is 13.5. The van der Waals surface area contributed by atoms with E-state index in [1.165, 1.54) is 0 Å². The molecule has 0 saturated heterocycles. The number of nitrogens with zero attached hydrogens (tertiary/aromatic N) is 1. The van der Waals surface area contributed by atoms with Crippen LogP contribution in [0, 0.1) is 6.92 Å². The van der Waals surface area contributed by atoms with Gasteiger partial charge in [-0.1, -0.05) is 24.3 Å². The second-order valence-electron chi connectivity index (χ2n) is 4.33. The Hall–Kier alpha value is -2.07. The summed E-state index contributed by atoms with van der Waals surface area (Å²) in [6.07, 6.45) is 1.14. The van der Waals surface area contributed by atoms with E-state index in [4.69, 9.17) is 4.74 Å². The van der Waals surface area contributed by atoms with Crippen molar-refractivity contribution >= 4 is 5.82 Å². The van der Waals surface area contributed by atoms with Crippen molar-refractivity contribution in [1.29, 1.82) is 0 Å². The minimum absolute atomic E-state index is 0.253. The highest BCUT2D eigenvalue weighted by molar-refractivity contribution is 5.42. The molecule has 0 saturated carbocycles. The fourth-order valence-corrected chi connectivity index (χ4v) is 1.65. The van der Waals surface area contributed by atoms with E-state index < -0.39 is 6.10 Å². The molecule has 4 nitrogen and oxygen atoms in total. The Bertz CT molecular complexity index is 503. The van der Waals surface area contributed by atoms with Gasteiger partial charge in [0.1, 0.15) is 24.3 Å². The summed E-state index contributed by atoms with van der Waals surface area (Å²) in [5.41, 5.74) is 1.05. The lowest BCUT2D eigenvalue weighted by atomic mass is 10.3. The number of pyridine rings is 1. The van der Waals surface area contributed by atoms with E-state index in [9.17, 15) is 5.11 Å². The Balaban J connectivity index is 1.76. The van der Waals surface area contributed by atoms with E-state index in [1.807, 2.05) is 49.4 Å². The molecule has 4 heteroatoms. The van der Waals surface area contributed by atoms with Crippen molar-refractivity contribution in [2.45, 2.75) is 13.0 Å². The van der Waals surface area contributed by atoms with Crippen molar-refractivity contribution in [3.05, 3.63) is 54.2 Å². The van der Waals surface area contributed by atoms with Crippen molar-refractivity contribution < 1.29 is 9.84 Å². The molecule has 2 rings (SSSR count). The monoisotopic (exact) mass is 258 g/mol. The highest BCUT2D eigenvalue weighted by atomic mass is 16.5. The van der Waals surface area contributed by atoms with Crippen molar-refractivity contribution in [2.24, 2.45) is 0 Å². The van der Waals surface area contributed by atoms with E-state index in [0.29, 0.717) is 6.54 Å². The normalized spacial score (nSPS) is 11.9. The number of aromatic nitrogens is 1. The third-order valence-corrected chi connectivity index (χ3v) is 2.70. The number of nitrogens with one attached hydrogen (secondary N) is 1. The van der Waals surface area contributed by atoms with Crippen molar-refractivity contribution in [2.75, 3.05) is 18.5 Å². The van der Waals surface area contributed by atoms with Crippen LogP contribution in [0.2, 0.25) is 0 Å². The van der Waals surface area contributed by atoms with Gasteiger partial charge >= 0.3 is 0 Å². The fourth-order valence-electron chi connectivity index (χ4n) is 1.65. The lowest BCUT2D eigenvalue weighted by Crippen LogP contribution is -2.26. The van der Waals surface area contributed by atoms with Gasteiger partial charge in [-0.2, -0.15) is 0 Å². The zero-order valence-electron chi connectivity index (χ0n) is 10.9. The second-order valence-corrected chi connectivity index (χ2v) is 4.33. The first kappa shape index (κ1) is 13.4. The molecule has 0 aliphatic rings. The van der Waals surface area contributed by atoms with Crippen LogP contribution in [0.1, 0.15) is 5.56 Å². The van der Waals surface area contributed by atoms with Crippen LogP contribution >= 0.6 is 0 Å². The Kier molecular flexibility index (Phi) is 4.75. The minimum atomic E-state index is -0.582. The summed E-state index contributed by atoms with van der Waals surface area (Å²) in [6.45, 7) is 2.63. The molecule has 0 spiro atoms. The number of aliphatic hydroxyl groups is 1. The molecular weight excluding hydrogens is 240 g/mol. The number of rotatable bonds is 6. The highest BCUT2D eigenvalue weighted by Crippen LogP contribution is 2.10. The maximum Gasteiger partial charge on any atom is 0.128 e. The van der Waals surface area contributed by atoms with Gasteiger partial charge in [0, 0.05) is 12.7 Å². The third-order valence-electron chi connectivity index (χ3n) is 2.70. The van der Waals surface area contributed by atoms with Gasteiger partial charge in [-0.25, -0.2) is 4.98 Å². The van der Waals surface area contributed by atoms with Gasteiger partial charge in [0.25, 0.3) is 0 Å². The zero-order valence-corrected chi connectivity index (χ0v) is 10.9. The number of benzene rings is 1. The molecular formula is C15H18N2O2. The number of para-hydroxylation sites is 1. The van der Waals surface area contributed by atoms with Crippen LogP contribution in [0.15, 0.2) is 48.7 Å². The van der Waals surface area contributed by atoms with Gasteiger partial charge < -0.3 is 15.2 Å². The topological polar surface area (TPSA) is 54.4 Å². The molecule has 0 aliphatic heterocycles. The largest absolute Gasteiger partial charge is 0.491 e. The van der Waals surface area contributed by atoms with Gasteiger partial charge in [0.05, 0.1) is 0 Å². The van der Waals surface area contributed by atoms with Crippen molar-refractivity contribution in [1.82, 2.24) is 4.98 Å². The quantitative estimate of drug-likeness (QED) is 0.834. The number of anilines is 1. The summed E-state index contributed by atoms with van der Waals surface area (Å²) in [4.78, 5) is 4.21. The molecule has 0 bridgehead atoms. The maximum atomic E-state index is 9.85. The summed E-state index contributed by atoms with van der Waals surface area (Å²) in [7, 11) is 0. The number of hydrogen-bond acceptors (Lipinski definition) is 4. The Morgan fingerprint density at radius 2 is 2.00 bits per heavy atom. The number of aryl methyl sites for hydroxylation is 1. The Morgan fingerprint density at radius 3 is 2.74 bits per heavy atom. The van der Waals surface area contributed by atoms with Gasteiger partial charge in [0.2, 0.25) is 0 Å². The molecule has 1 atom stereocenters. The van der Waals surface area contributed by atoms with Crippen LogP contribution in [0.4, 0.5) is 5.82 Å². The average Bonchev–Trinajstić information content (AvgIpc) is 2.45. The second kappa shape index (κ2) is 6.75. The van der Waals surface area contributed by atoms with E-state index >= 15 is 0 Å². The maximum absolute atomic E-state index is 9.85. The van der Waals surface area contributed by atoms with Crippen LogP contribution < -0.4 is 10.1 Å². The van der Waals surface area contributed by atoms with E-state index in [-0.39, 0.29) is 6.61 Å². The molecule has 0 radical (unpaired) electrons. The summed E-state index contributed by atoms with van der Waals surface area (Å²) >= 11 is 0. The first-order valence-corrected chi connectivity index (χ1v) is 6.27. The standard InChI is InChI=1S/C15H18N2O2/c1-12-6-5-9-16-15(12)17-10-13(18)11-19-14-7-3-2-4-8-14/h2-9,13,18H,10-11H2,1H3,(H,16,17)/t13-/m0/s1. The fraction of sp³-hybridized carbons (Fsp3) is 0.267. The first-order valence-electron chi connectivity index (χ1n) is 6.27. The lowest BCUT2D eigenvalue weighted by molar-refractivity contribution is 0.117. The minimum Gasteiger partial charge on any atom is -0.491 e. The number of ether oxygens (including phenoxy) is 1. The Morgan fingerprint density at radius 1 is 1.21 bits per heavy atom. The van der Waals surface area contributed by atoms with Crippen molar-refractivity contribution in [3.8, 4) is 5.75 Å². The van der Waals surface area contributed by atoms with Gasteiger partial charge in [0.15, 0.2) is 0 Å². The van der Waals surface area contributed by atoms with Crippen LogP contribution in [0.3, 0.4) is 0 Å². The number of hydrogen-bond donors (Lipinski definition) is 2.